The van der Waals surface area contributed by atoms with Crippen molar-refractivity contribution < 1.29 is 13.9 Å². The van der Waals surface area contributed by atoms with E-state index < -0.39 is 6.03 Å². The lowest BCUT2D eigenvalue weighted by Gasteiger charge is -2.23. The smallest absolute Gasteiger partial charge is 0.322 e. The van der Waals surface area contributed by atoms with Gasteiger partial charge in [0.2, 0.25) is 0 Å². The minimum absolute atomic E-state index is 0.0950. The maximum Gasteiger partial charge on any atom is 0.322 e. The number of hydrogen-bond donors (Lipinski definition) is 2. The Bertz CT molecular complexity index is 1380. The molecule has 0 saturated heterocycles. The number of rotatable bonds is 6. The number of urea groups is 1. The van der Waals surface area contributed by atoms with Crippen molar-refractivity contribution in [1.29, 1.82) is 0 Å². The van der Waals surface area contributed by atoms with Crippen LogP contribution in [0.3, 0.4) is 0 Å². The van der Waals surface area contributed by atoms with E-state index in [9.17, 15) is 14.0 Å². The summed E-state index contributed by atoms with van der Waals surface area (Å²) in [7, 11) is 1.59. The maximum atomic E-state index is 13.3. The first-order chi connectivity index (χ1) is 16.3. The number of carbonyl (C=O) groups is 1. The first kappa shape index (κ1) is 23.0. The Morgan fingerprint density at radius 3 is 2.32 bits per heavy atom. The highest BCUT2D eigenvalue weighted by atomic mass is 19.1. The number of pyridine rings is 1. The molecular weight excluding hydrogens is 433 g/mol. The van der Waals surface area contributed by atoms with Crippen molar-refractivity contribution in [1.82, 2.24) is 9.88 Å². The van der Waals surface area contributed by atoms with Crippen LogP contribution in [-0.2, 0) is 13.1 Å². The van der Waals surface area contributed by atoms with Crippen LogP contribution in [0.5, 0.6) is 5.75 Å². The number of aryl methyl sites for hydroxylation is 2. The molecule has 2 N–H and O–H groups in total. The Hall–Kier alpha value is -4.13. The SMILES string of the molecule is COc1ccc(CN(Cc2cc3c(C)ccc(C)c3[nH]c2=O)C(=O)Nc2ccc(F)cc2)cc1. The lowest BCUT2D eigenvalue weighted by Crippen LogP contribution is -2.35. The Labute approximate surface area is 197 Å². The van der Waals surface area contributed by atoms with Gasteiger partial charge in [0.15, 0.2) is 0 Å². The lowest BCUT2D eigenvalue weighted by atomic mass is 10.0. The highest BCUT2D eigenvalue weighted by molar-refractivity contribution is 5.89. The molecule has 0 saturated carbocycles. The fourth-order valence-electron chi connectivity index (χ4n) is 3.83. The predicted octanol–water partition coefficient (Wildman–Crippen LogP) is 5.53. The number of amides is 2. The zero-order valence-corrected chi connectivity index (χ0v) is 19.3. The van der Waals surface area contributed by atoms with Crippen LogP contribution >= 0.6 is 0 Å². The number of hydrogen-bond acceptors (Lipinski definition) is 3. The van der Waals surface area contributed by atoms with E-state index in [4.69, 9.17) is 4.74 Å². The first-order valence-corrected chi connectivity index (χ1v) is 10.9. The zero-order chi connectivity index (χ0) is 24.2. The fourth-order valence-corrected chi connectivity index (χ4v) is 3.83. The number of aromatic nitrogens is 1. The van der Waals surface area contributed by atoms with Crippen molar-refractivity contribution >= 4 is 22.6 Å². The second kappa shape index (κ2) is 9.79. The minimum atomic E-state index is -0.400. The van der Waals surface area contributed by atoms with Crippen molar-refractivity contribution in [2.75, 3.05) is 12.4 Å². The van der Waals surface area contributed by atoms with Gasteiger partial charge < -0.3 is 19.9 Å². The summed E-state index contributed by atoms with van der Waals surface area (Å²) in [4.78, 5) is 30.6. The number of halogens is 1. The van der Waals surface area contributed by atoms with Gasteiger partial charge in [-0.1, -0.05) is 24.3 Å². The molecule has 0 atom stereocenters. The summed E-state index contributed by atoms with van der Waals surface area (Å²) in [6.07, 6.45) is 0. The van der Waals surface area contributed by atoms with Gasteiger partial charge in [-0.15, -0.1) is 0 Å². The number of fused-ring (bicyclic) bond motifs is 1. The van der Waals surface area contributed by atoms with Crippen LogP contribution in [-0.4, -0.2) is 23.0 Å². The van der Waals surface area contributed by atoms with Crippen molar-refractivity contribution in [2.24, 2.45) is 0 Å². The molecule has 1 aromatic heterocycles. The van der Waals surface area contributed by atoms with Crippen LogP contribution < -0.4 is 15.6 Å². The van der Waals surface area contributed by atoms with Gasteiger partial charge in [0.05, 0.1) is 19.2 Å². The van der Waals surface area contributed by atoms with E-state index in [1.807, 2.05) is 56.3 Å². The molecule has 7 heteroatoms. The van der Waals surface area contributed by atoms with E-state index in [1.54, 1.807) is 12.0 Å². The van der Waals surface area contributed by atoms with Gasteiger partial charge >= 0.3 is 6.03 Å². The Balaban J connectivity index is 1.67. The Kier molecular flexibility index (Phi) is 6.63. The Morgan fingerprint density at radius 2 is 1.65 bits per heavy atom. The molecule has 0 radical (unpaired) electrons. The van der Waals surface area contributed by atoms with E-state index >= 15 is 0 Å². The summed E-state index contributed by atoms with van der Waals surface area (Å²) in [5.74, 6) is 0.323. The predicted molar refractivity (Wildman–Crippen MR) is 132 cm³/mol. The second-order valence-electron chi connectivity index (χ2n) is 8.25. The van der Waals surface area contributed by atoms with Crippen LogP contribution in [0.4, 0.5) is 14.9 Å². The van der Waals surface area contributed by atoms with Crippen LogP contribution in [0.15, 0.2) is 71.5 Å². The van der Waals surface area contributed by atoms with E-state index in [-0.39, 0.29) is 24.5 Å². The van der Waals surface area contributed by atoms with Crippen LogP contribution in [0.25, 0.3) is 10.9 Å². The summed E-state index contributed by atoms with van der Waals surface area (Å²) in [5.41, 5.74) is 4.39. The van der Waals surface area contributed by atoms with Crippen molar-refractivity contribution in [3.63, 3.8) is 0 Å². The van der Waals surface area contributed by atoms with E-state index in [2.05, 4.69) is 10.3 Å². The molecule has 4 aromatic rings. The maximum absolute atomic E-state index is 13.3. The average molecular weight is 460 g/mol. The standard InChI is InChI=1S/C27H26FN3O3/c1-17-4-5-18(2)25-24(17)14-20(26(32)30-25)16-31(15-19-6-12-23(34-3)13-7-19)27(33)29-22-10-8-21(28)9-11-22/h4-14H,15-16H2,1-3H3,(H,29,33)(H,30,32). The molecule has 2 amide bonds. The highest BCUT2D eigenvalue weighted by Crippen LogP contribution is 2.21. The quantitative estimate of drug-likeness (QED) is 0.398. The van der Waals surface area contributed by atoms with Crippen LogP contribution in [0.1, 0.15) is 22.3 Å². The minimum Gasteiger partial charge on any atom is -0.497 e. The zero-order valence-electron chi connectivity index (χ0n) is 19.3. The number of ether oxygens (including phenoxy) is 1. The number of nitrogens with zero attached hydrogens (tertiary/aromatic N) is 1. The Morgan fingerprint density at radius 1 is 0.971 bits per heavy atom. The fraction of sp³-hybridized carbons (Fsp3) is 0.185. The molecule has 1 heterocycles. The molecule has 0 aliphatic carbocycles. The van der Waals surface area contributed by atoms with Gasteiger partial charge in [0.25, 0.3) is 5.56 Å². The third-order valence-corrected chi connectivity index (χ3v) is 5.80. The van der Waals surface area contributed by atoms with Crippen molar-refractivity contribution in [3.8, 4) is 5.75 Å². The molecule has 0 fully saturated rings. The molecule has 4 rings (SSSR count). The molecule has 174 valence electrons. The van der Waals surface area contributed by atoms with E-state index in [0.29, 0.717) is 17.0 Å². The summed E-state index contributed by atoms with van der Waals surface area (Å²) in [6, 6.07) is 18.4. The topological polar surface area (TPSA) is 74.4 Å². The number of H-pyrrole nitrogens is 1. The lowest BCUT2D eigenvalue weighted by molar-refractivity contribution is 0.206. The molecule has 6 nitrogen and oxygen atoms in total. The first-order valence-electron chi connectivity index (χ1n) is 10.9. The second-order valence-corrected chi connectivity index (χ2v) is 8.25. The summed E-state index contributed by atoms with van der Waals surface area (Å²) in [6.45, 7) is 4.29. The molecule has 0 aliphatic rings. The van der Waals surface area contributed by atoms with E-state index in [1.165, 1.54) is 24.3 Å². The summed E-state index contributed by atoms with van der Waals surface area (Å²) < 4.78 is 18.5. The summed E-state index contributed by atoms with van der Waals surface area (Å²) >= 11 is 0. The number of nitrogens with one attached hydrogen (secondary N) is 2. The van der Waals surface area contributed by atoms with Gasteiger partial charge in [-0.3, -0.25) is 4.79 Å². The molecule has 3 aromatic carbocycles. The van der Waals surface area contributed by atoms with E-state index in [0.717, 1.165) is 27.6 Å². The number of aromatic amines is 1. The highest BCUT2D eigenvalue weighted by Gasteiger charge is 2.18. The number of benzene rings is 3. The van der Waals surface area contributed by atoms with Gasteiger partial charge in [-0.25, -0.2) is 9.18 Å². The number of carbonyl (C=O) groups excluding carboxylic acids is 1. The average Bonchev–Trinajstić information content (AvgIpc) is 2.83. The van der Waals surface area contributed by atoms with Crippen LogP contribution in [0, 0.1) is 19.7 Å². The van der Waals surface area contributed by atoms with Gasteiger partial charge in [-0.05, 0) is 73.0 Å². The monoisotopic (exact) mass is 459 g/mol. The molecule has 34 heavy (non-hydrogen) atoms. The largest absolute Gasteiger partial charge is 0.497 e. The number of anilines is 1. The third-order valence-electron chi connectivity index (χ3n) is 5.80. The van der Waals surface area contributed by atoms with Crippen molar-refractivity contribution in [3.05, 3.63) is 105 Å². The molecule has 0 unspecified atom stereocenters. The van der Waals surface area contributed by atoms with Crippen molar-refractivity contribution in [2.45, 2.75) is 26.9 Å². The van der Waals surface area contributed by atoms with Gasteiger partial charge in [0.1, 0.15) is 11.6 Å². The molecule has 0 bridgehead atoms. The number of methoxy groups -OCH3 is 1. The summed E-state index contributed by atoms with van der Waals surface area (Å²) in [5, 5.41) is 3.74. The van der Waals surface area contributed by atoms with Crippen LogP contribution in [0.2, 0.25) is 0 Å². The normalized spacial score (nSPS) is 10.8. The van der Waals surface area contributed by atoms with Gasteiger partial charge in [0, 0.05) is 23.2 Å². The van der Waals surface area contributed by atoms with Gasteiger partial charge in [-0.2, -0.15) is 0 Å². The molecule has 0 aliphatic heterocycles. The third kappa shape index (κ3) is 5.09. The molecular formula is C27H26FN3O3. The molecule has 0 spiro atoms.